The van der Waals surface area contributed by atoms with Crippen molar-refractivity contribution in [2.75, 3.05) is 0 Å². The molecule has 61 valence electrons. The Kier molecular flexibility index (Phi) is 2.59. The quantitative estimate of drug-likeness (QED) is 0.557. The Labute approximate surface area is 53.5 Å². The summed E-state index contributed by atoms with van der Waals surface area (Å²) in [6.07, 6.45) is -12.6. The molecule has 0 rings (SSSR count). The fourth-order valence-corrected chi connectivity index (χ4v) is 0.287. The van der Waals surface area contributed by atoms with Crippen LogP contribution < -0.4 is 0 Å². The molecule has 6 heteroatoms. The third-order valence-electron chi connectivity index (χ3n) is 0.700. The lowest BCUT2D eigenvalue weighted by molar-refractivity contribution is -0.260. The molecule has 0 aliphatic rings. The molecule has 0 spiro atoms. The van der Waals surface area contributed by atoms with Crippen molar-refractivity contribution < 1.29 is 27.1 Å². The summed E-state index contributed by atoms with van der Waals surface area (Å²) < 4.78 is 55.7. The molecule has 0 aliphatic heterocycles. The molecule has 0 saturated heterocycles. The summed E-state index contributed by atoms with van der Waals surface area (Å²) in [5, 5.41) is 9.32. The largest absolute Gasteiger partial charge is 0.389 e. The van der Waals surface area contributed by atoms with E-state index in [1.807, 2.05) is 0 Å². The van der Waals surface area contributed by atoms with Gasteiger partial charge in [-0.25, -0.2) is 0 Å². The van der Waals surface area contributed by atoms with Crippen molar-refractivity contribution in [1.82, 2.24) is 0 Å². The molecule has 0 unspecified atom stereocenters. The van der Waals surface area contributed by atoms with E-state index in [2.05, 4.69) is 0 Å². The van der Waals surface area contributed by atoms with Crippen molar-refractivity contribution in [3.63, 3.8) is 0 Å². The van der Waals surface area contributed by atoms with E-state index >= 15 is 0 Å². The van der Waals surface area contributed by atoms with E-state index in [1.54, 1.807) is 0 Å². The Morgan fingerprint density at radius 3 is 1.40 bits per heavy atom. The highest BCUT2D eigenvalue weighted by molar-refractivity contribution is 4.55. The molecule has 0 N–H and O–H groups in total. The second-order valence-corrected chi connectivity index (χ2v) is 1.75. The van der Waals surface area contributed by atoms with Gasteiger partial charge >= 0.3 is 12.3 Å². The molecule has 0 aromatic rings. The van der Waals surface area contributed by atoms with Crippen LogP contribution in [0.2, 0.25) is 0 Å². The molecule has 0 saturated carbocycles. The van der Waals surface area contributed by atoms with Crippen molar-refractivity contribution in [2.45, 2.75) is 25.1 Å². The first-order chi connectivity index (χ1) is 4.21. The van der Waals surface area contributed by atoms with Crippen LogP contribution in [0.15, 0.2) is 0 Å². The van der Waals surface area contributed by atoms with Gasteiger partial charge in [-0.05, 0) is 0 Å². The minimum Gasteiger partial charge on any atom is -0.173 e. The Bertz CT molecular complexity index is 87.2. The van der Waals surface area contributed by atoms with Crippen molar-refractivity contribution in [2.24, 2.45) is 0 Å². The van der Waals surface area contributed by atoms with E-state index in [1.165, 1.54) is 0 Å². The fourth-order valence-electron chi connectivity index (χ4n) is 0.287. The first kappa shape index (κ1) is 9.61. The summed E-state index contributed by atoms with van der Waals surface area (Å²) in [6.45, 7) is 0. The van der Waals surface area contributed by atoms with E-state index < -0.39 is 25.1 Å². The van der Waals surface area contributed by atoms with Crippen LogP contribution in [0, 0.1) is 0 Å². The summed E-state index contributed by atoms with van der Waals surface area (Å²) in [7, 11) is 0. The zero-order valence-electron chi connectivity index (χ0n) is 4.71. The van der Waals surface area contributed by atoms with Gasteiger partial charge in [0, 0.05) is 6.42 Å². The number of halogens is 5. The van der Waals surface area contributed by atoms with Crippen LogP contribution >= 0.6 is 0 Å². The first-order valence-corrected chi connectivity index (χ1v) is 2.36. The average Bonchev–Trinajstić information content (AvgIpc) is 1.57. The standard InChI is InChI=1S/C4H4F5O/c5-3(6,7)1-2-4(8,9)10/h1-2H2. The van der Waals surface area contributed by atoms with Gasteiger partial charge in [-0.15, -0.1) is 0 Å². The molecule has 0 atom stereocenters. The molecule has 0 aromatic heterocycles. The molecule has 10 heavy (non-hydrogen) atoms. The van der Waals surface area contributed by atoms with E-state index in [0.717, 1.165) is 0 Å². The van der Waals surface area contributed by atoms with Crippen molar-refractivity contribution in [3.05, 3.63) is 0 Å². The first-order valence-electron chi connectivity index (χ1n) is 2.36. The summed E-state index contributed by atoms with van der Waals surface area (Å²) in [5.41, 5.74) is 0. The number of rotatable bonds is 2. The predicted molar refractivity (Wildman–Crippen MR) is 20.9 cm³/mol. The Balaban J connectivity index is 3.56. The molecule has 0 heterocycles. The molecule has 0 amide bonds. The Morgan fingerprint density at radius 2 is 1.30 bits per heavy atom. The summed E-state index contributed by atoms with van der Waals surface area (Å²) in [4.78, 5) is 0. The van der Waals surface area contributed by atoms with Gasteiger partial charge in [0.15, 0.2) is 0 Å². The van der Waals surface area contributed by atoms with E-state index in [9.17, 15) is 27.1 Å². The van der Waals surface area contributed by atoms with Gasteiger partial charge < -0.3 is 0 Å². The van der Waals surface area contributed by atoms with Crippen LogP contribution in [0.5, 0.6) is 0 Å². The monoisotopic (exact) mass is 163 g/mol. The van der Waals surface area contributed by atoms with E-state index in [0.29, 0.717) is 0 Å². The zero-order valence-corrected chi connectivity index (χ0v) is 4.71. The highest BCUT2D eigenvalue weighted by Crippen LogP contribution is 2.27. The van der Waals surface area contributed by atoms with Crippen LogP contribution in [-0.2, 0) is 5.11 Å². The molecular formula is C4H4F5O. The third-order valence-corrected chi connectivity index (χ3v) is 0.700. The maximum Gasteiger partial charge on any atom is 0.389 e. The molecule has 1 nitrogen and oxygen atoms in total. The van der Waals surface area contributed by atoms with Crippen LogP contribution in [0.3, 0.4) is 0 Å². The van der Waals surface area contributed by atoms with Crippen molar-refractivity contribution in [1.29, 1.82) is 0 Å². The van der Waals surface area contributed by atoms with Gasteiger partial charge in [0.25, 0.3) is 0 Å². The van der Waals surface area contributed by atoms with Crippen molar-refractivity contribution in [3.8, 4) is 0 Å². The second-order valence-electron chi connectivity index (χ2n) is 1.75. The van der Waals surface area contributed by atoms with Gasteiger partial charge in [0.05, 0.1) is 6.42 Å². The van der Waals surface area contributed by atoms with Gasteiger partial charge in [0.1, 0.15) is 0 Å². The van der Waals surface area contributed by atoms with Gasteiger partial charge in [-0.2, -0.15) is 27.1 Å². The fraction of sp³-hybridized carbons (Fsp3) is 1.00. The molecule has 0 fully saturated rings. The number of alkyl halides is 5. The normalized spacial score (nSPS) is 13.8. The molecule has 0 bridgehead atoms. The van der Waals surface area contributed by atoms with Crippen molar-refractivity contribution >= 4 is 0 Å². The molecule has 1 radical (unpaired) electrons. The summed E-state index contributed by atoms with van der Waals surface area (Å²) in [6, 6.07) is 0. The third kappa shape index (κ3) is 7.61. The van der Waals surface area contributed by atoms with E-state index in [4.69, 9.17) is 0 Å². The Hall–Kier alpha value is -0.390. The number of hydrogen-bond donors (Lipinski definition) is 0. The average molecular weight is 163 g/mol. The smallest absolute Gasteiger partial charge is 0.173 e. The topological polar surface area (TPSA) is 19.9 Å². The minimum absolute atomic E-state index is 1.68. The maximum atomic E-state index is 11.2. The number of hydrogen-bond acceptors (Lipinski definition) is 0. The van der Waals surface area contributed by atoms with Gasteiger partial charge in [-0.1, -0.05) is 0 Å². The SMILES string of the molecule is [O]C(F)(F)CCC(F)(F)F. The highest BCUT2D eigenvalue weighted by atomic mass is 19.4. The summed E-state index contributed by atoms with van der Waals surface area (Å²) >= 11 is 0. The maximum absolute atomic E-state index is 11.2. The van der Waals surface area contributed by atoms with Gasteiger partial charge in [-0.3, -0.25) is 0 Å². The predicted octanol–water partition coefficient (Wildman–Crippen LogP) is 2.35. The van der Waals surface area contributed by atoms with Crippen LogP contribution in [-0.4, -0.2) is 12.3 Å². The molecule has 0 aliphatic carbocycles. The lowest BCUT2D eigenvalue weighted by Crippen LogP contribution is -2.17. The lowest BCUT2D eigenvalue weighted by Gasteiger charge is -2.07. The van der Waals surface area contributed by atoms with Crippen LogP contribution in [0.1, 0.15) is 12.8 Å². The molecule has 0 aromatic carbocycles. The van der Waals surface area contributed by atoms with Crippen LogP contribution in [0.25, 0.3) is 0 Å². The summed E-state index contributed by atoms with van der Waals surface area (Å²) in [5.74, 6) is 0. The van der Waals surface area contributed by atoms with E-state index in [-0.39, 0.29) is 0 Å². The minimum atomic E-state index is -4.67. The zero-order chi connectivity index (χ0) is 8.41. The Morgan fingerprint density at radius 1 is 0.900 bits per heavy atom. The molecular weight excluding hydrogens is 159 g/mol. The second kappa shape index (κ2) is 2.69. The van der Waals surface area contributed by atoms with Crippen LogP contribution in [0.4, 0.5) is 22.0 Å². The van der Waals surface area contributed by atoms with Gasteiger partial charge in [0.2, 0.25) is 0 Å². The highest BCUT2D eigenvalue weighted by Gasteiger charge is 2.35. The lowest BCUT2D eigenvalue weighted by atomic mass is 10.3.